The van der Waals surface area contributed by atoms with Crippen LogP contribution in [0.25, 0.3) is 0 Å². The van der Waals surface area contributed by atoms with Gasteiger partial charge in [0.2, 0.25) is 0 Å². The molecule has 6 heteroatoms. The van der Waals surface area contributed by atoms with Crippen molar-refractivity contribution in [1.82, 2.24) is 14.9 Å². The van der Waals surface area contributed by atoms with Gasteiger partial charge in [0.1, 0.15) is 0 Å². The minimum absolute atomic E-state index is 0.636. The number of hydrogen-bond donors (Lipinski definition) is 1. The van der Waals surface area contributed by atoms with E-state index in [2.05, 4.69) is 21.9 Å². The summed E-state index contributed by atoms with van der Waals surface area (Å²) in [6.07, 6.45) is 0. The second-order valence-electron chi connectivity index (χ2n) is 3.71. The lowest BCUT2D eigenvalue weighted by molar-refractivity contribution is 0.318. The van der Waals surface area contributed by atoms with E-state index in [1.165, 1.54) is 16.2 Å². The highest BCUT2D eigenvalue weighted by molar-refractivity contribution is 7.13. The third-order valence-electron chi connectivity index (χ3n) is 2.26. The second-order valence-corrected chi connectivity index (χ2v) is 5.54. The van der Waals surface area contributed by atoms with Crippen LogP contribution in [0.1, 0.15) is 16.3 Å². The summed E-state index contributed by atoms with van der Waals surface area (Å²) in [5, 5.41) is 2.64. The Morgan fingerprint density at radius 1 is 1.38 bits per heavy atom. The topological polar surface area (TPSA) is 55.0 Å². The van der Waals surface area contributed by atoms with Crippen LogP contribution < -0.4 is 5.73 Å². The van der Waals surface area contributed by atoms with Gasteiger partial charge in [0.05, 0.1) is 16.9 Å². The molecule has 0 fully saturated rings. The summed E-state index contributed by atoms with van der Waals surface area (Å²) in [4.78, 5) is 12.0. The first-order valence-electron chi connectivity index (χ1n) is 4.92. The Balaban J connectivity index is 1.94. The molecule has 0 aromatic carbocycles. The Hall–Kier alpha value is -0.980. The number of aryl methyl sites for hydroxylation is 1. The van der Waals surface area contributed by atoms with Crippen LogP contribution in [0.15, 0.2) is 10.9 Å². The first-order valence-corrected chi connectivity index (χ1v) is 6.68. The van der Waals surface area contributed by atoms with Crippen molar-refractivity contribution in [3.63, 3.8) is 0 Å². The van der Waals surface area contributed by atoms with Gasteiger partial charge in [0, 0.05) is 23.3 Å². The van der Waals surface area contributed by atoms with Crippen molar-refractivity contribution in [3.05, 3.63) is 27.2 Å². The molecule has 0 aliphatic rings. The maximum atomic E-state index is 5.60. The molecular formula is C10H14N4S2. The molecule has 2 heterocycles. The molecule has 0 saturated carbocycles. The fourth-order valence-electron chi connectivity index (χ4n) is 1.45. The molecule has 2 aromatic heterocycles. The zero-order valence-corrected chi connectivity index (χ0v) is 10.9. The summed E-state index contributed by atoms with van der Waals surface area (Å²) in [6, 6.07) is 0. The van der Waals surface area contributed by atoms with Crippen molar-refractivity contribution >= 4 is 27.8 Å². The van der Waals surface area contributed by atoms with E-state index >= 15 is 0 Å². The van der Waals surface area contributed by atoms with Gasteiger partial charge in [-0.1, -0.05) is 0 Å². The minimum Gasteiger partial charge on any atom is -0.375 e. The summed E-state index contributed by atoms with van der Waals surface area (Å²) in [5.74, 6) is 0. The quantitative estimate of drug-likeness (QED) is 0.908. The lowest BCUT2D eigenvalue weighted by Gasteiger charge is -2.14. The lowest BCUT2D eigenvalue weighted by atomic mass is 10.3. The highest BCUT2D eigenvalue weighted by Gasteiger charge is 2.07. The number of nitrogen functional groups attached to an aromatic ring is 1. The highest BCUT2D eigenvalue weighted by Crippen LogP contribution is 2.17. The van der Waals surface area contributed by atoms with Crippen LogP contribution in [0.5, 0.6) is 0 Å². The first kappa shape index (κ1) is 11.5. The molecule has 0 unspecified atom stereocenters. The van der Waals surface area contributed by atoms with E-state index in [-0.39, 0.29) is 0 Å². The zero-order chi connectivity index (χ0) is 11.5. The number of rotatable bonds is 4. The summed E-state index contributed by atoms with van der Waals surface area (Å²) in [6.45, 7) is 3.78. The van der Waals surface area contributed by atoms with Crippen LogP contribution in [0.3, 0.4) is 0 Å². The normalized spacial score (nSPS) is 11.2. The van der Waals surface area contributed by atoms with Crippen molar-refractivity contribution < 1.29 is 0 Å². The van der Waals surface area contributed by atoms with Gasteiger partial charge < -0.3 is 5.73 Å². The predicted octanol–water partition coefficient (Wildman–Crippen LogP) is 2.12. The summed E-state index contributed by atoms with van der Waals surface area (Å²) < 4.78 is 0. The molecule has 16 heavy (non-hydrogen) atoms. The fourth-order valence-corrected chi connectivity index (χ4v) is 2.86. The predicted molar refractivity (Wildman–Crippen MR) is 68.5 cm³/mol. The Bertz CT molecular complexity index is 463. The molecule has 4 nitrogen and oxygen atoms in total. The van der Waals surface area contributed by atoms with Crippen molar-refractivity contribution in [2.24, 2.45) is 0 Å². The minimum atomic E-state index is 0.636. The van der Waals surface area contributed by atoms with Gasteiger partial charge in [0.15, 0.2) is 5.13 Å². The monoisotopic (exact) mass is 254 g/mol. The van der Waals surface area contributed by atoms with Crippen molar-refractivity contribution in [2.45, 2.75) is 20.0 Å². The average Bonchev–Trinajstić information content (AvgIpc) is 2.77. The third-order valence-corrected chi connectivity index (χ3v) is 3.90. The molecule has 0 aliphatic carbocycles. The van der Waals surface area contributed by atoms with Crippen molar-refractivity contribution in [2.75, 3.05) is 12.8 Å². The van der Waals surface area contributed by atoms with E-state index in [1.54, 1.807) is 11.3 Å². The van der Waals surface area contributed by atoms with Gasteiger partial charge in [-0.3, -0.25) is 4.90 Å². The molecule has 2 N–H and O–H groups in total. The van der Waals surface area contributed by atoms with Gasteiger partial charge in [-0.2, -0.15) is 0 Å². The van der Waals surface area contributed by atoms with Crippen LogP contribution >= 0.6 is 22.7 Å². The molecule has 2 aromatic rings. The average molecular weight is 254 g/mol. The van der Waals surface area contributed by atoms with Crippen LogP contribution in [0, 0.1) is 6.92 Å². The molecule has 0 radical (unpaired) electrons. The number of thiazole rings is 2. The van der Waals surface area contributed by atoms with Gasteiger partial charge >= 0.3 is 0 Å². The lowest BCUT2D eigenvalue weighted by Crippen LogP contribution is -2.17. The Morgan fingerprint density at radius 2 is 2.19 bits per heavy atom. The standard InChI is InChI=1S/C10H14N4S2/c1-7-9(16-6-12-7)4-14(2)3-8-5-15-10(11)13-8/h5-6H,3-4H2,1-2H3,(H2,11,13). The number of hydrogen-bond acceptors (Lipinski definition) is 6. The summed E-state index contributed by atoms with van der Waals surface area (Å²) in [7, 11) is 2.08. The van der Waals surface area contributed by atoms with Crippen LogP contribution in [0.2, 0.25) is 0 Å². The van der Waals surface area contributed by atoms with Gasteiger partial charge in [0.25, 0.3) is 0 Å². The van der Waals surface area contributed by atoms with E-state index in [0.717, 1.165) is 24.5 Å². The molecule has 0 bridgehead atoms. The molecule has 0 amide bonds. The maximum absolute atomic E-state index is 5.60. The van der Waals surface area contributed by atoms with Crippen molar-refractivity contribution in [3.8, 4) is 0 Å². The first-order chi connectivity index (χ1) is 7.65. The van der Waals surface area contributed by atoms with Crippen LogP contribution in [0.4, 0.5) is 5.13 Å². The molecule has 0 saturated heterocycles. The number of anilines is 1. The number of aromatic nitrogens is 2. The Kier molecular flexibility index (Phi) is 3.52. The molecule has 0 aliphatic heterocycles. The zero-order valence-electron chi connectivity index (χ0n) is 9.30. The largest absolute Gasteiger partial charge is 0.375 e. The summed E-state index contributed by atoms with van der Waals surface area (Å²) >= 11 is 3.19. The van der Waals surface area contributed by atoms with Gasteiger partial charge in [-0.25, -0.2) is 9.97 Å². The molecule has 86 valence electrons. The summed E-state index contributed by atoms with van der Waals surface area (Å²) in [5.41, 5.74) is 9.64. The Morgan fingerprint density at radius 3 is 2.75 bits per heavy atom. The number of nitrogens with two attached hydrogens (primary N) is 1. The Labute approximate surface area is 103 Å². The van der Waals surface area contributed by atoms with Gasteiger partial charge in [-0.05, 0) is 14.0 Å². The smallest absolute Gasteiger partial charge is 0.180 e. The molecule has 0 spiro atoms. The maximum Gasteiger partial charge on any atom is 0.180 e. The highest BCUT2D eigenvalue weighted by atomic mass is 32.1. The number of nitrogens with zero attached hydrogens (tertiary/aromatic N) is 3. The van der Waals surface area contributed by atoms with Gasteiger partial charge in [-0.15, -0.1) is 22.7 Å². The SMILES string of the molecule is Cc1ncsc1CN(C)Cc1csc(N)n1. The van der Waals surface area contributed by atoms with Crippen LogP contribution in [-0.2, 0) is 13.1 Å². The van der Waals surface area contributed by atoms with Crippen molar-refractivity contribution in [1.29, 1.82) is 0 Å². The molecular weight excluding hydrogens is 240 g/mol. The third kappa shape index (κ3) is 2.78. The van der Waals surface area contributed by atoms with E-state index in [1.807, 2.05) is 17.8 Å². The van der Waals surface area contributed by atoms with Crippen LogP contribution in [-0.4, -0.2) is 21.9 Å². The fraction of sp³-hybridized carbons (Fsp3) is 0.400. The van der Waals surface area contributed by atoms with E-state index < -0.39 is 0 Å². The van der Waals surface area contributed by atoms with E-state index in [9.17, 15) is 0 Å². The molecule has 0 atom stereocenters. The second kappa shape index (κ2) is 4.90. The van der Waals surface area contributed by atoms with E-state index in [4.69, 9.17) is 5.73 Å². The van der Waals surface area contributed by atoms with E-state index in [0.29, 0.717) is 5.13 Å². The molecule has 2 rings (SSSR count).